The van der Waals surface area contributed by atoms with Crippen LogP contribution >= 0.6 is 0 Å². The van der Waals surface area contributed by atoms with Gasteiger partial charge in [0.2, 0.25) is 0 Å². The van der Waals surface area contributed by atoms with Gasteiger partial charge >= 0.3 is 6.03 Å². The number of urea groups is 1. The number of amides is 2. The van der Waals surface area contributed by atoms with Gasteiger partial charge in [-0.3, -0.25) is 0 Å². The van der Waals surface area contributed by atoms with Crippen molar-refractivity contribution in [3.63, 3.8) is 0 Å². The third-order valence-electron chi connectivity index (χ3n) is 1.95. The zero-order valence-electron chi connectivity index (χ0n) is 9.42. The third-order valence-corrected chi connectivity index (χ3v) is 1.95. The number of hydrogen-bond donors (Lipinski definition) is 1. The summed E-state index contributed by atoms with van der Waals surface area (Å²) in [5.74, 6) is 0.707. The summed E-state index contributed by atoms with van der Waals surface area (Å²) < 4.78 is 0. The topological polar surface area (TPSA) is 32.3 Å². The highest BCUT2D eigenvalue weighted by molar-refractivity contribution is 5.73. The van der Waals surface area contributed by atoms with Crippen molar-refractivity contribution >= 4 is 6.03 Å². The molecule has 3 heteroatoms. The Morgan fingerprint density at radius 1 is 1.23 bits per heavy atom. The minimum atomic E-state index is -0.00347. The molecule has 0 aliphatic heterocycles. The molecule has 0 aromatic carbocycles. The highest BCUT2D eigenvalue weighted by Crippen LogP contribution is 2.06. The molecule has 0 heterocycles. The maximum Gasteiger partial charge on any atom is 0.317 e. The molecule has 0 bridgehead atoms. The van der Waals surface area contributed by atoms with E-state index in [1.807, 2.05) is 6.92 Å². The number of nitrogens with one attached hydrogen (secondary N) is 1. The van der Waals surface area contributed by atoms with Gasteiger partial charge in [0.25, 0.3) is 0 Å². The Kier molecular flexibility index (Phi) is 5.51. The van der Waals surface area contributed by atoms with Crippen LogP contribution < -0.4 is 5.32 Å². The molecule has 0 aliphatic carbocycles. The summed E-state index contributed by atoms with van der Waals surface area (Å²) in [7, 11) is 3.51. The van der Waals surface area contributed by atoms with E-state index in [1.54, 1.807) is 19.0 Å². The molecule has 0 aromatic heterocycles. The number of nitrogens with zero attached hydrogens (tertiary/aromatic N) is 1. The maximum absolute atomic E-state index is 11.2. The fourth-order valence-electron chi connectivity index (χ4n) is 0.995. The third kappa shape index (κ3) is 6.43. The lowest BCUT2D eigenvalue weighted by molar-refractivity contribution is 0.213. The molecule has 0 rings (SSSR count). The zero-order chi connectivity index (χ0) is 10.4. The molecule has 1 atom stereocenters. The predicted octanol–water partition coefficient (Wildman–Crippen LogP) is 2.08. The molecule has 0 spiro atoms. The average molecular weight is 186 g/mol. The van der Waals surface area contributed by atoms with Gasteiger partial charge in [-0.25, -0.2) is 4.79 Å². The number of hydrogen-bond acceptors (Lipinski definition) is 1. The molecule has 0 radical (unpaired) electrons. The Balaban J connectivity index is 3.62. The van der Waals surface area contributed by atoms with Crippen molar-refractivity contribution in [3.8, 4) is 0 Å². The second-order valence-electron chi connectivity index (χ2n) is 4.22. The lowest BCUT2D eigenvalue weighted by Crippen LogP contribution is -2.40. The largest absolute Gasteiger partial charge is 0.336 e. The summed E-state index contributed by atoms with van der Waals surface area (Å²) in [6, 6.07) is 0.272. The minimum absolute atomic E-state index is 0.00347. The first kappa shape index (κ1) is 12.3. The molecular weight excluding hydrogens is 164 g/mol. The van der Waals surface area contributed by atoms with Gasteiger partial charge in [-0.1, -0.05) is 13.8 Å². The Bertz CT molecular complexity index is 155. The van der Waals surface area contributed by atoms with Crippen LogP contribution in [-0.2, 0) is 0 Å². The zero-order valence-corrected chi connectivity index (χ0v) is 9.42. The van der Waals surface area contributed by atoms with E-state index < -0.39 is 0 Å². The van der Waals surface area contributed by atoms with E-state index in [-0.39, 0.29) is 12.1 Å². The summed E-state index contributed by atoms with van der Waals surface area (Å²) >= 11 is 0. The summed E-state index contributed by atoms with van der Waals surface area (Å²) in [5, 5.41) is 2.92. The van der Waals surface area contributed by atoms with E-state index in [4.69, 9.17) is 0 Å². The molecule has 0 aliphatic rings. The monoisotopic (exact) mass is 186 g/mol. The van der Waals surface area contributed by atoms with Crippen molar-refractivity contribution < 1.29 is 4.79 Å². The Morgan fingerprint density at radius 3 is 2.15 bits per heavy atom. The normalized spacial score (nSPS) is 12.8. The summed E-state index contributed by atoms with van der Waals surface area (Å²) in [5.41, 5.74) is 0. The first-order valence-electron chi connectivity index (χ1n) is 4.91. The quantitative estimate of drug-likeness (QED) is 0.716. The van der Waals surface area contributed by atoms with E-state index >= 15 is 0 Å². The molecule has 13 heavy (non-hydrogen) atoms. The average Bonchev–Trinajstić information content (AvgIpc) is 2.00. The lowest BCUT2D eigenvalue weighted by Gasteiger charge is -2.18. The maximum atomic E-state index is 11.2. The summed E-state index contributed by atoms with van der Waals surface area (Å²) in [6.45, 7) is 6.44. The van der Waals surface area contributed by atoms with Crippen LogP contribution in [0.25, 0.3) is 0 Å². The van der Waals surface area contributed by atoms with Crippen LogP contribution in [-0.4, -0.2) is 31.1 Å². The van der Waals surface area contributed by atoms with Crippen LogP contribution in [0.5, 0.6) is 0 Å². The van der Waals surface area contributed by atoms with Gasteiger partial charge in [0.05, 0.1) is 0 Å². The van der Waals surface area contributed by atoms with Crippen LogP contribution in [0.1, 0.15) is 33.6 Å². The minimum Gasteiger partial charge on any atom is -0.336 e. The van der Waals surface area contributed by atoms with E-state index in [2.05, 4.69) is 19.2 Å². The molecule has 0 fully saturated rings. The highest BCUT2D eigenvalue weighted by atomic mass is 16.2. The Labute approximate surface area is 81.5 Å². The van der Waals surface area contributed by atoms with E-state index in [1.165, 1.54) is 0 Å². The van der Waals surface area contributed by atoms with Crippen molar-refractivity contribution in [2.75, 3.05) is 14.1 Å². The molecule has 78 valence electrons. The molecule has 0 saturated heterocycles. The molecule has 1 N–H and O–H groups in total. The van der Waals surface area contributed by atoms with Gasteiger partial charge in [0.1, 0.15) is 0 Å². The molecule has 3 nitrogen and oxygen atoms in total. The Hall–Kier alpha value is -0.730. The molecule has 0 aromatic rings. The fourth-order valence-corrected chi connectivity index (χ4v) is 0.995. The van der Waals surface area contributed by atoms with E-state index in [0.29, 0.717) is 5.92 Å². The SMILES string of the molecule is CC(C)CCC(C)NC(=O)N(C)C. The van der Waals surface area contributed by atoms with Gasteiger partial charge in [-0.15, -0.1) is 0 Å². The first-order chi connectivity index (χ1) is 5.93. The lowest BCUT2D eigenvalue weighted by atomic mass is 10.0. The van der Waals surface area contributed by atoms with Crippen LogP contribution in [0.2, 0.25) is 0 Å². The van der Waals surface area contributed by atoms with E-state index in [0.717, 1.165) is 12.8 Å². The van der Waals surface area contributed by atoms with Crippen molar-refractivity contribution in [3.05, 3.63) is 0 Å². The number of rotatable bonds is 4. The van der Waals surface area contributed by atoms with Crippen LogP contribution in [0.15, 0.2) is 0 Å². The van der Waals surface area contributed by atoms with Crippen molar-refractivity contribution in [2.45, 2.75) is 39.7 Å². The highest BCUT2D eigenvalue weighted by Gasteiger charge is 2.08. The van der Waals surface area contributed by atoms with Gasteiger partial charge in [-0.05, 0) is 25.7 Å². The molecule has 2 amide bonds. The van der Waals surface area contributed by atoms with E-state index in [9.17, 15) is 4.79 Å². The van der Waals surface area contributed by atoms with Crippen LogP contribution in [0.3, 0.4) is 0 Å². The second-order valence-corrected chi connectivity index (χ2v) is 4.22. The number of carbonyl (C=O) groups excluding carboxylic acids is 1. The van der Waals surface area contributed by atoms with Gasteiger partial charge in [0.15, 0.2) is 0 Å². The van der Waals surface area contributed by atoms with Gasteiger partial charge in [0, 0.05) is 20.1 Å². The molecule has 1 unspecified atom stereocenters. The van der Waals surface area contributed by atoms with Crippen LogP contribution in [0, 0.1) is 5.92 Å². The number of carbonyl (C=O) groups is 1. The van der Waals surface area contributed by atoms with Crippen LogP contribution in [0.4, 0.5) is 4.79 Å². The van der Waals surface area contributed by atoms with Gasteiger partial charge in [-0.2, -0.15) is 0 Å². The smallest absolute Gasteiger partial charge is 0.317 e. The van der Waals surface area contributed by atoms with Crippen molar-refractivity contribution in [2.24, 2.45) is 5.92 Å². The fraction of sp³-hybridized carbons (Fsp3) is 0.900. The summed E-state index contributed by atoms with van der Waals surface area (Å²) in [6.07, 6.45) is 2.21. The first-order valence-corrected chi connectivity index (χ1v) is 4.91. The standard InChI is InChI=1S/C10H22N2O/c1-8(2)6-7-9(3)11-10(13)12(4)5/h8-9H,6-7H2,1-5H3,(H,11,13). The predicted molar refractivity (Wildman–Crippen MR) is 55.8 cm³/mol. The molecule has 0 saturated carbocycles. The Morgan fingerprint density at radius 2 is 1.77 bits per heavy atom. The summed E-state index contributed by atoms with van der Waals surface area (Å²) in [4.78, 5) is 12.8. The van der Waals surface area contributed by atoms with Gasteiger partial charge < -0.3 is 10.2 Å². The van der Waals surface area contributed by atoms with Crippen molar-refractivity contribution in [1.29, 1.82) is 0 Å². The molecular formula is C10H22N2O. The second kappa shape index (κ2) is 5.84. The van der Waals surface area contributed by atoms with Crippen molar-refractivity contribution in [1.82, 2.24) is 10.2 Å².